The van der Waals surface area contributed by atoms with E-state index in [2.05, 4.69) is 10.6 Å². The van der Waals surface area contributed by atoms with Gasteiger partial charge in [-0.05, 0) is 78.6 Å². The number of anilines is 1. The van der Waals surface area contributed by atoms with Gasteiger partial charge in [-0.1, -0.05) is 66.7 Å². The molecule has 48 heavy (non-hydrogen) atoms. The van der Waals surface area contributed by atoms with Crippen LogP contribution in [0.4, 0.5) is 18.9 Å². The third-order valence-electron chi connectivity index (χ3n) is 9.04. The van der Waals surface area contributed by atoms with Crippen LogP contribution in [0.2, 0.25) is 0 Å². The van der Waals surface area contributed by atoms with Crippen LogP contribution in [0.3, 0.4) is 0 Å². The monoisotopic (exact) mass is 653 g/mol. The number of halogens is 3. The number of ketones is 1. The minimum Gasteiger partial charge on any atom is -0.379 e. The molecule has 1 unspecified atom stereocenters. The second-order valence-corrected chi connectivity index (χ2v) is 12.1. The number of amides is 2. The van der Waals surface area contributed by atoms with Gasteiger partial charge in [0.05, 0.1) is 17.2 Å². The highest BCUT2D eigenvalue weighted by Gasteiger charge is 2.46. The lowest BCUT2D eigenvalue weighted by Gasteiger charge is -2.39. The number of nitriles is 1. The summed E-state index contributed by atoms with van der Waals surface area (Å²) in [4.78, 5) is 39.1. The van der Waals surface area contributed by atoms with Gasteiger partial charge in [-0.2, -0.15) is 18.4 Å². The molecule has 0 heterocycles. The molecule has 0 aromatic heterocycles. The maximum absolute atomic E-state index is 14.0. The molecule has 1 aliphatic rings. The fourth-order valence-electron chi connectivity index (χ4n) is 6.41. The minimum atomic E-state index is -4.83. The molecule has 4 aromatic rings. The van der Waals surface area contributed by atoms with Crippen LogP contribution in [-0.2, 0) is 17.4 Å². The first-order chi connectivity index (χ1) is 22.9. The average molecular weight is 654 g/mol. The number of Topliss-reactive ketones (excluding diaryl/α,β-unsaturated/α-hetero) is 1. The van der Waals surface area contributed by atoms with Crippen molar-refractivity contribution in [2.75, 3.05) is 12.4 Å². The summed E-state index contributed by atoms with van der Waals surface area (Å²) in [5, 5.41) is 26.5. The molecule has 0 bridgehead atoms. The van der Waals surface area contributed by atoms with E-state index in [1.165, 1.54) is 12.1 Å². The average Bonchev–Trinajstić information content (AvgIpc) is 3.11. The highest BCUT2D eigenvalue weighted by molar-refractivity contribution is 5.99. The van der Waals surface area contributed by atoms with Crippen molar-refractivity contribution in [3.8, 4) is 17.2 Å². The van der Waals surface area contributed by atoms with E-state index in [9.17, 15) is 37.9 Å². The van der Waals surface area contributed by atoms with Gasteiger partial charge in [0.1, 0.15) is 5.60 Å². The summed E-state index contributed by atoms with van der Waals surface area (Å²) in [5.74, 6) is -2.00. The smallest absolute Gasteiger partial charge is 0.379 e. The first-order valence-corrected chi connectivity index (χ1v) is 15.6. The molecule has 1 aliphatic carbocycles. The second kappa shape index (κ2) is 14.2. The Labute approximate surface area is 276 Å². The topological polar surface area (TPSA) is 119 Å². The molecule has 4 aromatic carbocycles. The first kappa shape index (κ1) is 34.1. The summed E-state index contributed by atoms with van der Waals surface area (Å²) in [6.07, 6.45) is -3.43. The molecule has 7 nitrogen and oxygen atoms in total. The zero-order chi connectivity index (χ0) is 34.5. The largest absolute Gasteiger partial charge is 0.417 e. The Morgan fingerprint density at radius 2 is 1.52 bits per heavy atom. The maximum atomic E-state index is 14.0. The Balaban J connectivity index is 1.43. The van der Waals surface area contributed by atoms with Crippen LogP contribution < -0.4 is 10.6 Å². The van der Waals surface area contributed by atoms with Crippen molar-refractivity contribution in [3.05, 3.63) is 125 Å². The summed E-state index contributed by atoms with van der Waals surface area (Å²) >= 11 is 0. The van der Waals surface area contributed by atoms with Crippen LogP contribution in [0.1, 0.15) is 63.1 Å². The van der Waals surface area contributed by atoms with Crippen molar-refractivity contribution in [2.45, 2.75) is 43.9 Å². The van der Waals surface area contributed by atoms with Crippen molar-refractivity contribution >= 4 is 23.3 Å². The molecule has 10 heteroatoms. The first-order valence-electron chi connectivity index (χ1n) is 15.6. The van der Waals surface area contributed by atoms with E-state index in [1.807, 2.05) is 18.2 Å². The lowest BCUT2D eigenvalue weighted by molar-refractivity contribution is -0.142. The van der Waals surface area contributed by atoms with Crippen molar-refractivity contribution < 1.29 is 32.7 Å². The third-order valence-corrected chi connectivity index (χ3v) is 9.04. The van der Waals surface area contributed by atoms with Gasteiger partial charge in [0, 0.05) is 36.2 Å². The molecule has 1 atom stereocenters. The molecule has 0 spiro atoms. The van der Waals surface area contributed by atoms with E-state index in [-0.39, 0.29) is 29.7 Å². The van der Waals surface area contributed by atoms with E-state index in [4.69, 9.17) is 0 Å². The minimum absolute atomic E-state index is 0.00515. The van der Waals surface area contributed by atoms with Gasteiger partial charge in [0.2, 0.25) is 0 Å². The Kier molecular flexibility index (Phi) is 10.1. The van der Waals surface area contributed by atoms with Gasteiger partial charge in [-0.15, -0.1) is 0 Å². The Morgan fingerprint density at radius 3 is 2.15 bits per heavy atom. The predicted molar refractivity (Wildman–Crippen MR) is 175 cm³/mol. The molecule has 0 aliphatic heterocycles. The summed E-state index contributed by atoms with van der Waals surface area (Å²) in [6.45, 7) is 0. The highest BCUT2D eigenvalue weighted by atomic mass is 19.4. The van der Waals surface area contributed by atoms with Crippen LogP contribution in [0.5, 0.6) is 0 Å². The molecule has 5 rings (SSSR count). The van der Waals surface area contributed by atoms with Gasteiger partial charge in [-0.25, -0.2) is 0 Å². The summed E-state index contributed by atoms with van der Waals surface area (Å²) < 4.78 is 41.1. The van der Waals surface area contributed by atoms with E-state index in [1.54, 1.807) is 67.7 Å². The van der Waals surface area contributed by atoms with E-state index < -0.39 is 34.7 Å². The van der Waals surface area contributed by atoms with Crippen molar-refractivity contribution in [1.29, 1.82) is 5.26 Å². The number of nitrogens with zero attached hydrogens (tertiary/aromatic N) is 1. The number of carbonyl (C=O) groups is 3. The van der Waals surface area contributed by atoms with Crippen LogP contribution >= 0.6 is 0 Å². The molecule has 1 fully saturated rings. The second-order valence-electron chi connectivity index (χ2n) is 12.1. The summed E-state index contributed by atoms with van der Waals surface area (Å²) in [5.41, 5.74) is -0.765. The van der Waals surface area contributed by atoms with Crippen molar-refractivity contribution in [2.24, 2.45) is 11.8 Å². The van der Waals surface area contributed by atoms with Crippen LogP contribution in [0, 0.1) is 23.2 Å². The molecular weight excluding hydrogens is 619 g/mol. The number of hydrogen-bond donors (Lipinski definition) is 3. The molecule has 2 amide bonds. The van der Waals surface area contributed by atoms with Gasteiger partial charge >= 0.3 is 6.18 Å². The third kappa shape index (κ3) is 7.48. The Bertz CT molecular complexity index is 1840. The summed E-state index contributed by atoms with van der Waals surface area (Å²) in [6, 6.07) is 27.5. The number of nitrogens with one attached hydrogen (secondary N) is 2. The quantitative estimate of drug-likeness (QED) is 0.165. The number of rotatable bonds is 9. The number of carbonyl (C=O) groups excluding carboxylic acids is 3. The van der Waals surface area contributed by atoms with E-state index in [0.29, 0.717) is 48.4 Å². The number of hydrogen-bond acceptors (Lipinski definition) is 5. The van der Waals surface area contributed by atoms with Gasteiger partial charge in [0.25, 0.3) is 11.8 Å². The molecule has 0 saturated heterocycles. The van der Waals surface area contributed by atoms with Gasteiger partial charge in [0.15, 0.2) is 5.78 Å². The van der Waals surface area contributed by atoms with Gasteiger partial charge in [-0.3, -0.25) is 14.4 Å². The maximum Gasteiger partial charge on any atom is 0.417 e. The molecule has 0 radical (unpaired) electrons. The zero-order valence-electron chi connectivity index (χ0n) is 26.2. The number of alkyl halides is 3. The Hall–Kier alpha value is -5.27. The van der Waals surface area contributed by atoms with E-state index in [0.717, 1.165) is 17.2 Å². The normalized spacial score (nSPS) is 17.4. The van der Waals surface area contributed by atoms with Crippen molar-refractivity contribution in [1.82, 2.24) is 5.32 Å². The molecular formula is C38H34F3N3O4. The lowest BCUT2D eigenvalue weighted by Crippen LogP contribution is -2.52. The SMILES string of the molecule is CNC(=O)c1ccc(-c2cccc(CC(O)(C(=O)Nc3ccc(C#N)c(C(F)(F)F)c3)C3CCC(C(=O)c4ccccc4)CC3)c2)cc1. The molecule has 1 saturated carbocycles. The van der Waals surface area contributed by atoms with Crippen molar-refractivity contribution in [3.63, 3.8) is 0 Å². The fraction of sp³-hybridized carbons (Fsp3) is 0.263. The predicted octanol–water partition coefficient (Wildman–Crippen LogP) is 7.21. The highest BCUT2D eigenvalue weighted by Crippen LogP contribution is 2.40. The number of benzene rings is 4. The van der Waals surface area contributed by atoms with E-state index >= 15 is 0 Å². The molecule has 3 N–H and O–H groups in total. The van der Waals surface area contributed by atoms with Crippen LogP contribution in [0.15, 0.2) is 97.1 Å². The van der Waals surface area contributed by atoms with Crippen LogP contribution in [0.25, 0.3) is 11.1 Å². The number of aliphatic hydroxyl groups is 1. The molecule has 246 valence electrons. The standard InChI is InChI=1S/C38H34F3N3O4/c1-43-35(46)28-12-10-25(11-13-28)29-9-5-6-24(20-29)22-37(48,31-17-14-27(15-18-31)34(45)26-7-3-2-4-8-26)36(47)44-32-19-16-30(23-42)33(21-32)38(39,40)41/h2-13,16,19-21,27,31,48H,14-15,17-18,22H2,1H3,(H,43,46)(H,44,47). The Morgan fingerprint density at radius 1 is 0.833 bits per heavy atom. The zero-order valence-corrected chi connectivity index (χ0v) is 26.2. The summed E-state index contributed by atoms with van der Waals surface area (Å²) in [7, 11) is 1.54. The van der Waals surface area contributed by atoms with Gasteiger partial charge < -0.3 is 15.7 Å². The fourth-order valence-corrected chi connectivity index (χ4v) is 6.41. The van der Waals surface area contributed by atoms with Crippen LogP contribution in [-0.4, -0.2) is 35.4 Å². The lowest BCUT2D eigenvalue weighted by atomic mass is 9.69.